The second-order valence-corrected chi connectivity index (χ2v) is 6.04. The predicted molar refractivity (Wildman–Crippen MR) is 86.3 cm³/mol. The van der Waals surface area contributed by atoms with Gasteiger partial charge in [0.25, 0.3) is 0 Å². The number of furan rings is 1. The Hall–Kier alpha value is -1.92. The topological polar surface area (TPSA) is 56.0 Å². The summed E-state index contributed by atoms with van der Waals surface area (Å²) in [6.45, 7) is 3.59. The Bertz CT molecular complexity index is 871. The van der Waals surface area contributed by atoms with E-state index in [1.54, 1.807) is 0 Å². The molecule has 1 aliphatic heterocycles. The van der Waals surface area contributed by atoms with Crippen molar-refractivity contribution in [2.45, 2.75) is 32.4 Å². The number of nitrogens with zero attached hydrogens (tertiary/aromatic N) is 2. The molecule has 3 heterocycles. The van der Waals surface area contributed by atoms with Crippen molar-refractivity contribution in [2.75, 3.05) is 6.61 Å². The number of nitrogens with one attached hydrogen (secondary N) is 1. The highest BCUT2D eigenvalue weighted by molar-refractivity contribution is 7.71. The number of aromatic amines is 1. The summed E-state index contributed by atoms with van der Waals surface area (Å²) in [4.78, 5) is 0. The molecular weight excluding hydrogens is 298 g/mol. The number of aryl methyl sites for hydroxylation is 1. The van der Waals surface area contributed by atoms with Gasteiger partial charge in [-0.3, -0.25) is 9.67 Å². The Balaban J connectivity index is 1.81. The lowest BCUT2D eigenvalue weighted by atomic mass is 10.1. The number of aromatic nitrogens is 3. The third-order valence-electron chi connectivity index (χ3n) is 4.22. The molecular formula is C16H17N3O2S. The van der Waals surface area contributed by atoms with E-state index in [4.69, 9.17) is 21.4 Å². The minimum Gasteiger partial charge on any atom is -0.452 e. The quantitative estimate of drug-likeness (QED) is 0.746. The van der Waals surface area contributed by atoms with Gasteiger partial charge in [0.1, 0.15) is 5.58 Å². The smallest absolute Gasteiger partial charge is 0.198 e. The molecule has 6 heteroatoms. The van der Waals surface area contributed by atoms with E-state index in [9.17, 15) is 0 Å². The van der Waals surface area contributed by atoms with E-state index in [0.29, 0.717) is 11.3 Å². The predicted octanol–water partition coefficient (Wildman–Crippen LogP) is 3.84. The van der Waals surface area contributed by atoms with Gasteiger partial charge in [0, 0.05) is 17.6 Å². The van der Waals surface area contributed by atoms with Gasteiger partial charge in [0.2, 0.25) is 0 Å². The van der Waals surface area contributed by atoms with Gasteiger partial charge in [-0.2, -0.15) is 5.10 Å². The molecule has 0 bridgehead atoms. The summed E-state index contributed by atoms with van der Waals surface area (Å²) in [6.07, 6.45) is 2.37. The minimum atomic E-state index is 0.202. The molecule has 0 unspecified atom stereocenters. The molecule has 0 saturated carbocycles. The van der Waals surface area contributed by atoms with Crippen LogP contribution in [0.4, 0.5) is 0 Å². The number of benzene rings is 1. The monoisotopic (exact) mass is 315 g/mol. The van der Waals surface area contributed by atoms with Crippen LogP contribution in [-0.2, 0) is 11.3 Å². The molecule has 1 fully saturated rings. The molecule has 3 aromatic rings. The molecule has 0 radical (unpaired) electrons. The van der Waals surface area contributed by atoms with Crippen LogP contribution in [0.1, 0.15) is 18.4 Å². The maximum Gasteiger partial charge on any atom is 0.198 e. The molecule has 0 spiro atoms. The van der Waals surface area contributed by atoms with E-state index < -0.39 is 0 Å². The first-order valence-corrected chi connectivity index (χ1v) is 7.90. The first-order chi connectivity index (χ1) is 10.7. The molecule has 1 atom stereocenters. The zero-order valence-corrected chi connectivity index (χ0v) is 13.2. The molecule has 0 amide bonds. The highest BCUT2D eigenvalue weighted by Crippen LogP contribution is 2.32. The maximum atomic E-state index is 6.01. The van der Waals surface area contributed by atoms with Crippen molar-refractivity contribution in [3.63, 3.8) is 0 Å². The summed E-state index contributed by atoms with van der Waals surface area (Å²) in [5.41, 5.74) is 1.95. The van der Waals surface area contributed by atoms with Crippen LogP contribution in [0.3, 0.4) is 0 Å². The molecule has 1 aliphatic rings. The Kier molecular flexibility index (Phi) is 3.35. The van der Waals surface area contributed by atoms with E-state index in [2.05, 4.69) is 23.2 Å². The molecule has 1 saturated heterocycles. The Morgan fingerprint density at radius 1 is 1.41 bits per heavy atom. The van der Waals surface area contributed by atoms with Crippen LogP contribution in [0.25, 0.3) is 22.6 Å². The maximum absolute atomic E-state index is 6.01. The third kappa shape index (κ3) is 2.19. The van der Waals surface area contributed by atoms with Gasteiger partial charge in [-0.25, -0.2) is 0 Å². The zero-order valence-electron chi connectivity index (χ0n) is 12.3. The normalized spacial score (nSPS) is 18.3. The SMILES string of the molecule is Cc1c(-c2n[nH]c(=S)n2C[C@@H]2CCCO2)oc2ccccc12. The van der Waals surface area contributed by atoms with Gasteiger partial charge in [-0.1, -0.05) is 18.2 Å². The van der Waals surface area contributed by atoms with Crippen LogP contribution in [-0.4, -0.2) is 27.5 Å². The molecule has 22 heavy (non-hydrogen) atoms. The van der Waals surface area contributed by atoms with Crippen molar-refractivity contribution in [2.24, 2.45) is 0 Å². The van der Waals surface area contributed by atoms with Gasteiger partial charge in [0.05, 0.1) is 12.6 Å². The Morgan fingerprint density at radius 2 is 2.27 bits per heavy atom. The van der Waals surface area contributed by atoms with Crippen molar-refractivity contribution in [3.8, 4) is 11.6 Å². The van der Waals surface area contributed by atoms with Gasteiger partial charge < -0.3 is 9.15 Å². The van der Waals surface area contributed by atoms with Gasteiger partial charge >= 0.3 is 0 Å². The molecule has 114 valence electrons. The highest BCUT2D eigenvalue weighted by atomic mass is 32.1. The Morgan fingerprint density at radius 3 is 3.05 bits per heavy atom. The first kappa shape index (κ1) is 13.7. The fourth-order valence-electron chi connectivity index (χ4n) is 3.04. The number of rotatable bonds is 3. The summed E-state index contributed by atoms with van der Waals surface area (Å²) >= 11 is 5.38. The summed E-state index contributed by atoms with van der Waals surface area (Å²) in [5.74, 6) is 1.51. The number of ether oxygens (including phenoxy) is 1. The van der Waals surface area contributed by atoms with E-state index in [1.165, 1.54) is 0 Å². The van der Waals surface area contributed by atoms with Crippen LogP contribution in [0.15, 0.2) is 28.7 Å². The van der Waals surface area contributed by atoms with Gasteiger partial charge in [0.15, 0.2) is 16.4 Å². The van der Waals surface area contributed by atoms with Crippen LogP contribution in [0, 0.1) is 11.7 Å². The average Bonchev–Trinajstić information content (AvgIpc) is 3.23. The lowest BCUT2D eigenvalue weighted by molar-refractivity contribution is 0.0969. The standard InChI is InChI=1S/C16H17N3O2S/c1-10-12-6-2-3-7-13(12)21-14(10)15-17-18-16(22)19(15)9-11-5-4-8-20-11/h2-3,6-7,11H,4-5,8-9H2,1H3,(H,18,22)/t11-/m0/s1. The number of H-pyrrole nitrogens is 1. The van der Waals surface area contributed by atoms with Crippen LogP contribution in [0.5, 0.6) is 0 Å². The molecule has 1 N–H and O–H groups in total. The van der Waals surface area contributed by atoms with Gasteiger partial charge in [-0.15, -0.1) is 0 Å². The lowest BCUT2D eigenvalue weighted by Gasteiger charge is -2.11. The molecule has 0 aliphatic carbocycles. The fraction of sp³-hybridized carbons (Fsp3) is 0.375. The zero-order chi connectivity index (χ0) is 15.1. The van der Waals surface area contributed by atoms with E-state index in [0.717, 1.165) is 47.6 Å². The number of hydrogen-bond donors (Lipinski definition) is 1. The second kappa shape index (κ2) is 5.37. The highest BCUT2D eigenvalue weighted by Gasteiger charge is 2.22. The van der Waals surface area contributed by atoms with Crippen molar-refractivity contribution in [1.29, 1.82) is 0 Å². The van der Waals surface area contributed by atoms with Crippen molar-refractivity contribution in [3.05, 3.63) is 34.6 Å². The van der Waals surface area contributed by atoms with Crippen molar-refractivity contribution >= 4 is 23.2 Å². The fourth-order valence-corrected chi connectivity index (χ4v) is 3.25. The summed E-state index contributed by atoms with van der Waals surface area (Å²) in [6, 6.07) is 8.01. The summed E-state index contributed by atoms with van der Waals surface area (Å²) in [5, 5.41) is 8.37. The van der Waals surface area contributed by atoms with Crippen molar-refractivity contribution < 1.29 is 9.15 Å². The first-order valence-electron chi connectivity index (χ1n) is 7.49. The van der Waals surface area contributed by atoms with Crippen LogP contribution >= 0.6 is 12.2 Å². The van der Waals surface area contributed by atoms with Crippen LogP contribution in [0.2, 0.25) is 0 Å². The Labute approximate surface area is 132 Å². The number of para-hydroxylation sites is 1. The lowest BCUT2D eigenvalue weighted by Crippen LogP contribution is -2.16. The summed E-state index contributed by atoms with van der Waals surface area (Å²) < 4.78 is 14.3. The van der Waals surface area contributed by atoms with Crippen molar-refractivity contribution in [1.82, 2.24) is 14.8 Å². The van der Waals surface area contributed by atoms with E-state index >= 15 is 0 Å². The van der Waals surface area contributed by atoms with E-state index in [1.807, 2.05) is 22.8 Å². The van der Waals surface area contributed by atoms with E-state index in [-0.39, 0.29) is 6.10 Å². The summed E-state index contributed by atoms with van der Waals surface area (Å²) in [7, 11) is 0. The molecule has 5 nitrogen and oxygen atoms in total. The average molecular weight is 315 g/mol. The number of hydrogen-bond acceptors (Lipinski definition) is 4. The van der Waals surface area contributed by atoms with Gasteiger partial charge in [-0.05, 0) is 38.0 Å². The molecule has 4 rings (SSSR count). The minimum absolute atomic E-state index is 0.202. The number of fused-ring (bicyclic) bond motifs is 1. The third-order valence-corrected chi connectivity index (χ3v) is 4.53. The molecule has 1 aromatic carbocycles. The largest absolute Gasteiger partial charge is 0.452 e. The second-order valence-electron chi connectivity index (χ2n) is 5.65. The molecule has 2 aromatic heterocycles. The van der Waals surface area contributed by atoms with Crippen LogP contribution < -0.4 is 0 Å².